The van der Waals surface area contributed by atoms with Gasteiger partial charge in [-0.2, -0.15) is 10.4 Å². The van der Waals surface area contributed by atoms with Gasteiger partial charge in [0, 0.05) is 16.8 Å². The van der Waals surface area contributed by atoms with Crippen molar-refractivity contribution >= 4 is 17.7 Å². The van der Waals surface area contributed by atoms with Crippen LogP contribution in [0.4, 0.5) is 5.69 Å². The van der Waals surface area contributed by atoms with E-state index >= 15 is 0 Å². The van der Waals surface area contributed by atoms with Gasteiger partial charge in [-0.15, -0.1) is 0 Å². The van der Waals surface area contributed by atoms with Crippen LogP contribution in [0.2, 0.25) is 0 Å². The first-order valence-electron chi connectivity index (χ1n) is 7.76. The fourth-order valence-corrected chi connectivity index (χ4v) is 2.45. The third kappa shape index (κ3) is 3.65. The first-order chi connectivity index (χ1) is 12.2. The summed E-state index contributed by atoms with van der Waals surface area (Å²) in [5.41, 5.74) is 4.01. The number of rotatable bonds is 4. The van der Waals surface area contributed by atoms with E-state index in [2.05, 4.69) is 15.5 Å². The van der Waals surface area contributed by atoms with Crippen LogP contribution in [0.15, 0.2) is 66.4 Å². The number of anilines is 1. The van der Waals surface area contributed by atoms with E-state index in [4.69, 9.17) is 0 Å². The molecule has 1 aromatic heterocycles. The lowest BCUT2D eigenvalue weighted by Gasteiger charge is -2.07. The fraction of sp³-hybridized carbons (Fsp3) is 0.0500. The minimum atomic E-state index is -0.447. The predicted molar refractivity (Wildman–Crippen MR) is 97.4 cm³/mol. The van der Waals surface area contributed by atoms with E-state index in [0.717, 1.165) is 16.8 Å². The van der Waals surface area contributed by atoms with Gasteiger partial charge in [0.2, 0.25) is 0 Å². The van der Waals surface area contributed by atoms with Crippen LogP contribution in [0.25, 0.3) is 17.3 Å². The van der Waals surface area contributed by atoms with Gasteiger partial charge in [-0.25, -0.2) is 0 Å². The summed E-state index contributed by atoms with van der Waals surface area (Å²) in [5.74, 6) is -0.447. The number of aryl methyl sites for hydroxylation is 1. The van der Waals surface area contributed by atoms with Crippen LogP contribution in [0, 0.1) is 18.3 Å². The molecule has 0 aliphatic rings. The summed E-state index contributed by atoms with van der Waals surface area (Å²) in [6.45, 7) is 1.90. The molecule has 3 rings (SSSR count). The molecule has 0 fully saturated rings. The molecule has 25 heavy (non-hydrogen) atoms. The quantitative estimate of drug-likeness (QED) is 0.562. The van der Waals surface area contributed by atoms with Crippen molar-refractivity contribution in [2.45, 2.75) is 6.92 Å². The van der Waals surface area contributed by atoms with Crippen LogP contribution < -0.4 is 5.32 Å². The standard InChI is InChI=1S/C20H16N4O/c1-14-7-5-6-10-18(14)23-20(25)16(12-21)11-17-13-22-24-19(17)15-8-3-2-4-9-15/h2-11,13H,1H3,(H,22,24)(H,23,25)/b16-11-. The molecule has 1 amide bonds. The molecule has 5 nitrogen and oxygen atoms in total. The van der Waals surface area contributed by atoms with E-state index < -0.39 is 5.91 Å². The lowest BCUT2D eigenvalue weighted by molar-refractivity contribution is -0.112. The minimum absolute atomic E-state index is 0.0156. The number of carbonyl (C=O) groups excluding carboxylic acids is 1. The Morgan fingerprint density at radius 3 is 2.60 bits per heavy atom. The van der Waals surface area contributed by atoms with Crippen molar-refractivity contribution in [3.8, 4) is 17.3 Å². The Balaban J connectivity index is 1.90. The van der Waals surface area contributed by atoms with Crippen molar-refractivity contribution in [2.24, 2.45) is 0 Å². The molecule has 5 heteroatoms. The molecule has 122 valence electrons. The van der Waals surface area contributed by atoms with Crippen LogP contribution in [0.5, 0.6) is 0 Å². The zero-order valence-corrected chi connectivity index (χ0v) is 13.7. The van der Waals surface area contributed by atoms with E-state index in [9.17, 15) is 10.1 Å². The van der Waals surface area contributed by atoms with E-state index in [1.165, 1.54) is 0 Å². The number of hydrogen-bond acceptors (Lipinski definition) is 3. The number of benzene rings is 2. The maximum absolute atomic E-state index is 12.4. The average molecular weight is 328 g/mol. The topological polar surface area (TPSA) is 81.6 Å². The first-order valence-corrected chi connectivity index (χ1v) is 7.76. The van der Waals surface area contributed by atoms with E-state index in [1.54, 1.807) is 18.3 Å². The molecule has 0 saturated carbocycles. The van der Waals surface area contributed by atoms with Crippen molar-refractivity contribution in [1.82, 2.24) is 10.2 Å². The highest BCUT2D eigenvalue weighted by atomic mass is 16.1. The Labute approximate surface area is 145 Å². The molecule has 0 aliphatic heterocycles. The van der Waals surface area contributed by atoms with Crippen LogP contribution in [-0.2, 0) is 4.79 Å². The van der Waals surface area contributed by atoms with E-state index in [0.29, 0.717) is 11.3 Å². The van der Waals surface area contributed by atoms with Gasteiger partial charge in [-0.1, -0.05) is 48.5 Å². The minimum Gasteiger partial charge on any atom is -0.321 e. The SMILES string of the molecule is Cc1ccccc1NC(=O)/C(C#N)=C\c1cn[nH]c1-c1ccccc1. The molecule has 0 spiro atoms. The Bertz CT molecular complexity index is 965. The lowest BCUT2D eigenvalue weighted by Crippen LogP contribution is -2.14. The van der Waals surface area contributed by atoms with Crippen LogP contribution in [-0.4, -0.2) is 16.1 Å². The van der Waals surface area contributed by atoms with Gasteiger partial charge in [0.15, 0.2) is 0 Å². The van der Waals surface area contributed by atoms with Crippen molar-refractivity contribution in [2.75, 3.05) is 5.32 Å². The molecule has 3 aromatic rings. The van der Waals surface area contributed by atoms with Gasteiger partial charge in [0.25, 0.3) is 5.91 Å². The molecule has 2 N–H and O–H groups in total. The number of aromatic amines is 1. The normalized spacial score (nSPS) is 11.0. The molecule has 0 saturated heterocycles. The second-order valence-electron chi connectivity index (χ2n) is 5.51. The summed E-state index contributed by atoms with van der Waals surface area (Å²) in [7, 11) is 0. The summed E-state index contributed by atoms with van der Waals surface area (Å²) in [6.07, 6.45) is 3.14. The van der Waals surface area contributed by atoms with E-state index in [1.807, 2.05) is 61.5 Å². The molecule has 1 heterocycles. The number of amides is 1. The van der Waals surface area contributed by atoms with Gasteiger partial charge in [0.05, 0.1) is 11.9 Å². The molecule has 0 unspecified atom stereocenters. The maximum Gasteiger partial charge on any atom is 0.266 e. The molecular weight excluding hydrogens is 312 g/mol. The number of carbonyl (C=O) groups is 1. The van der Waals surface area contributed by atoms with Crippen molar-refractivity contribution in [1.29, 1.82) is 5.26 Å². The summed E-state index contributed by atoms with van der Waals surface area (Å²) >= 11 is 0. The number of H-pyrrole nitrogens is 1. The summed E-state index contributed by atoms with van der Waals surface area (Å²) in [6, 6.07) is 19.0. The monoisotopic (exact) mass is 328 g/mol. The van der Waals surface area contributed by atoms with Gasteiger partial charge in [-0.05, 0) is 24.6 Å². The molecule has 0 atom stereocenters. The fourth-order valence-electron chi connectivity index (χ4n) is 2.45. The molecule has 0 radical (unpaired) electrons. The Morgan fingerprint density at radius 2 is 1.88 bits per heavy atom. The average Bonchev–Trinajstić information content (AvgIpc) is 3.10. The third-order valence-corrected chi connectivity index (χ3v) is 3.79. The smallest absolute Gasteiger partial charge is 0.266 e. The zero-order chi connectivity index (χ0) is 17.6. The lowest BCUT2D eigenvalue weighted by atomic mass is 10.1. The molecular formula is C20H16N4O. The molecule has 2 aromatic carbocycles. The largest absolute Gasteiger partial charge is 0.321 e. The van der Waals surface area contributed by atoms with Crippen molar-refractivity contribution in [3.05, 3.63) is 77.5 Å². The predicted octanol–water partition coefficient (Wildman–Crippen LogP) is 3.93. The summed E-state index contributed by atoms with van der Waals surface area (Å²) in [5, 5.41) is 19.1. The third-order valence-electron chi connectivity index (χ3n) is 3.79. The van der Waals surface area contributed by atoms with Crippen molar-refractivity contribution < 1.29 is 4.79 Å². The number of nitrogens with one attached hydrogen (secondary N) is 2. The van der Waals surface area contributed by atoms with E-state index in [-0.39, 0.29) is 5.57 Å². The second-order valence-corrected chi connectivity index (χ2v) is 5.51. The van der Waals surface area contributed by atoms with Gasteiger partial charge >= 0.3 is 0 Å². The Morgan fingerprint density at radius 1 is 1.16 bits per heavy atom. The van der Waals surface area contributed by atoms with Gasteiger partial charge in [0.1, 0.15) is 11.6 Å². The highest BCUT2D eigenvalue weighted by Crippen LogP contribution is 2.23. The first kappa shape index (κ1) is 16.2. The number of hydrogen-bond donors (Lipinski definition) is 2. The maximum atomic E-state index is 12.4. The second kappa shape index (κ2) is 7.28. The number of aromatic nitrogens is 2. The summed E-state index contributed by atoms with van der Waals surface area (Å²) in [4.78, 5) is 12.4. The highest BCUT2D eigenvalue weighted by molar-refractivity contribution is 6.10. The number of nitriles is 1. The zero-order valence-electron chi connectivity index (χ0n) is 13.7. The number of nitrogens with zero attached hydrogens (tertiary/aromatic N) is 2. The highest BCUT2D eigenvalue weighted by Gasteiger charge is 2.13. The van der Waals surface area contributed by atoms with Gasteiger partial charge in [-0.3, -0.25) is 9.89 Å². The molecule has 0 aliphatic carbocycles. The van der Waals surface area contributed by atoms with Crippen molar-refractivity contribution in [3.63, 3.8) is 0 Å². The molecule has 0 bridgehead atoms. The summed E-state index contributed by atoms with van der Waals surface area (Å²) < 4.78 is 0. The van der Waals surface area contributed by atoms with Crippen LogP contribution >= 0.6 is 0 Å². The Hall–Kier alpha value is -3.65. The van der Waals surface area contributed by atoms with Crippen LogP contribution in [0.1, 0.15) is 11.1 Å². The Kier molecular flexibility index (Phi) is 4.72. The van der Waals surface area contributed by atoms with Crippen LogP contribution in [0.3, 0.4) is 0 Å². The van der Waals surface area contributed by atoms with Gasteiger partial charge < -0.3 is 5.32 Å². The number of para-hydroxylation sites is 1.